The average Bonchev–Trinajstić information content (AvgIpc) is 3.46. The van der Waals surface area contributed by atoms with Gasteiger partial charge in [-0.1, -0.05) is 24.3 Å². The molecule has 142 valence electrons. The maximum atomic E-state index is 12.6. The summed E-state index contributed by atoms with van der Waals surface area (Å²) in [7, 11) is 0. The van der Waals surface area contributed by atoms with Gasteiger partial charge in [-0.15, -0.1) is 0 Å². The third-order valence-electron chi connectivity index (χ3n) is 4.78. The summed E-state index contributed by atoms with van der Waals surface area (Å²) in [6, 6.07) is 11.4. The molecule has 0 saturated heterocycles. The number of hydrogen-bond acceptors (Lipinski definition) is 3. The molecule has 0 spiro atoms. The highest BCUT2D eigenvalue weighted by molar-refractivity contribution is 5.97. The zero-order valence-corrected chi connectivity index (χ0v) is 16.3. The molecule has 5 nitrogen and oxygen atoms in total. The van der Waals surface area contributed by atoms with E-state index in [-0.39, 0.29) is 17.7 Å². The molecular formula is C22H26N2O3. The standard InChI is InChI=1S/C22H26N2O3/c1-13-8-11-18(12-19(13)24-22(26)17-9-10-17)23-21(25)16(4)27-20-14(2)6-5-7-15(20)3/h5-8,11-12,16-17H,9-10H2,1-4H3,(H,23,25)(H,24,26). The van der Waals surface area contributed by atoms with E-state index in [4.69, 9.17) is 4.74 Å². The van der Waals surface area contributed by atoms with Crippen molar-refractivity contribution < 1.29 is 14.3 Å². The highest BCUT2D eigenvalue weighted by Gasteiger charge is 2.29. The number of ether oxygens (including phenoxy) is 1. The summed E-state index contributed by atoms with van der Waals surface area (Å²) >= 11 is 0. The molecule has 27 heavy (non-hydrogen) atoms. The summed E-state index contributed by atoms with van der Waals surface area (Å²) in [5.41, 5.74) is 4.31. The number of para-hydroxylation sites is 1. The van der Waals surface area contributed by atoms with Crippen molar-refractivity contribution in [2.45, 2.75) is 46.6 Å². The van der Waals surface area contributed by atoms with E-state index in [1.165, 1.54) is 0 Å². The van der Waals surface area contributed by atoms with E-state index in [1.54, 1.807) is 13.0 Å². The minimum absolute atomic E-state index is 0.0494. The van der Waals surface area contributed by atoms with Crippen LogP contribution in [0.25, 0.3) is 0 Å². The number of hydrogen-bond donors (Lipinski definition) is 2. The van der Waals surface area contributed by atoms with Crippen LogP contribution in [0, 0.1) is 26.7 Å². The Morgan fingerprint density at radius 3 is 2.30 bits per heavy atom. The minimum atomic E-state index is -0.643. The smallest absolute Gasteiger partial charge is 0.265 e. The lowest BCUT2D eigenvalue weighted by Gasteiger charge is -2.18. The largest absolute Gasteiger partial charge is 0.480 e. The Morgan fingerprint density at radius 2 is 1.67 bits per heavy atom. The molecule has 1 fully saturated rings. The third kappa shape index (κ3) is 4.67. The summed E-state index contributed by atoms with van der Waals surface area (Å²) in [4.78, 5) is 24.6. The second kappa shape index (κ2) is 7.82. The molecule has 1 saturated carbocycles. The lowest BCUT2D eigenvalue weighted by Crippen LogP contribution is -2.30. The van der Waals surface area contributed by atoms with Gasteiger partial charge in [-0.2, -0.15) is 0 Å². The normalized spacial score (nSPS) is 14.4. The van der Waals surface area contributed by atoms with Crippen molar-refractivity contribution in [2.24, 2.45) is 5.92 Å². The first-order valence-electron chi connectivity index (χ1n) is 9.30. The first kappa shape index (κ1) is 19.0. The van der Waals surface area contributed by atoms with Crippen LogP contribution in [0.15, 0.2) is 36.4 Å². The van der Waals surface area contributed by atoms with Crippen LogP contribution in [0.1, 0.15) is 36.5 Å². The molecule has 0 bridgehead atoms. The molecule has 2 aromatic carbocycles. The number of aryl methyl sites for hydroxylation is 3. The maximum Gasteiger partial charge on any atom is 0.265 e. The fraction of sp³-hybridized carbons (Fsp3) is 0.364. The molecule has 1 aliphatic carbocycles. The van der Waals surface area contributed by atoms with E-state index in [2.05, 4.69) is 10.6 Å². The second-order valence-corrected chi connectivity index (χ2v) is 7.26. The van der Waals surface area contributed by atoms with Crippen molar-refractivity contribution >= 4 is 23.2 Å². The lowest BCUT2D eigenvalue weighted by molar-refractivity contribution is -0.122. The Labute approximate surface area is 160 Å². The number of carbonyl (C=O) groups excluding carboxylic acids is 2. The molecular weight excluding hydrogens is 340 g/mol. The maximum absolute atomic E-state index is 12.6. The van der Waals surface area contributed by atoms with Crippen molar-refractivity contribution in [2.75, 3.05) is 10.6 Å². The van der Waals surface area contributed by atoms with Gasteiger partial charge in [0.05, 0.1) is 0 Å². The minimum Gasteiger partial charge on any atom is -0.480 e. The summed E-state index contributed by atoms with van der Waals surface area (Å²) in [6.45, 7) is 7.58. The molecule has 0 radical (unpaired) electrons. The zero-order chi connectivity index (χ0) is 19.6. The van der Waals surface area contributed by atoms with Gasteiger partial charge < -0.3 is 15.4 Å². The fourth-order valence-corrected chi connectivity index (χ4v) is 2.87. The monoisotopic (exact) mass is 366 g/mol. The number of rotatable bonds is 6. The van der Waals surface area contributed by atoms with Crippen LogP contribution in [-0.2, 0) is 9.59 Å². The fourth-order valence-electron chi connectivity index (χ4n) is 2.87. The van der Waals surface area contributed by atoms with Gasteiger partial charge >= 0.3 is 0 Å². The number of anilines is 2. The van der Waals surface area contributed by atoms with E-state index >= 15 is 0 Å². The highest BCUT2D eigenvalue weighted by atomic mass is 16.5. The Hall–Kier alpha value is -2.82. The Kier molecular flexibility index (Phi) is 5.49. The van der Waals surface area contributed by atoms with Crippen molar-refractivity contribution in [3.8, 4) is 5.75 Å². The van der Waals surface area contributed by atoms with Gasteiger partial charge in [-0.3, -0.25) is 9.59 Å². The lowest BCUT2D eigenvalue weighted by atomic mass is 10.1. The van der Waals surface area contributed by atoms with Crippen LogP contribution in [0.5, 0.6) is 5.75 Å². The van der Waals surface area contributed by atoms with Crippen molar-refractivity contribution in [3.63, 3.8) is 0 Å². The van der Waals surface area contributed by atoms with Gasteiger partial charge in [0.1, 0.15) is 5.75 Å². The van der Waals surface area contributed by atoms with Gasteiger partial charge in [0.2, 0.25) is 5.91 Å². The van der Waals surface area contributed by atoms with E-state index < -0.39 is 6.10 Å². The van der Waals surface area contributed by atoms with E-state index in [0.717, 1.165) is 41.0 Å². The van der Waals surface area contributed by atoms with Crippen LogP contribution in [0.3, 0.4) is 0 Å². The Morgan fingerprint density at radius 1 is 1.00 bits per heavy atom. The van der Waals surface area contributed by atoms with Gasteiger partial charge in [0, 0.05) is 17.3 Å². The predicted molar refractivity (Wildman–Crippen MR) is 107 cm³/mol. The van der Waals surface area contributed by atoms with Crippen LogP contribution >= 0.6 is 0 Å². The molecule has 5 heteroatoms. The molecule has 0 aliphatic heterocycles. The van der Waals surface area contributed by atoms with Crippen molar-refractivity contribution in [1.82, 2.24) is 0 Å². The first-order chi connectivity index (χ1) is 12.8. The van der Waals surface area contributed by atoms with Crippen molar-refractivity contribution in [1.29, 1.82) is 0 Å². The molecule has 2 aromatic rings. The van der Waals surface area contributed by atoms with E-state index in [9.17, 15) is 9.59 Å². The van der Waals surface area contributed by atoms with Crippen LogP contribution in [0.2, 0.25) is 0 Å². The number of benzene rings is 2. The molecule has 2 N–H and O–H groups in total. The molecule has 0 aromatic heterocycles. The number of carbonyl (C=O) groups is 2. The summed E-state index contributed by atoms with van der Waals surface area (Å²) < 4.78 is 5.89. The molecule has 1 aliphatic rings. The molecule has 2 amide bonds. The molecule has 0 heterocycles. The average molecular weight is 366 g/mol. The first-order valence-corrected chi connectivity index (χ1v) is 9.30. The predicted octanol–water partition coefficient (Wildman–Crippen LogP) is 4.37. The van der Waals surface area contributed by atoms with Gasteiger partial charge in [0.25, 0.3) is 5.91 Å². The zero-order valence-electron chi connectivity index (χ0n) is 16.3. The van der Waals surface area contributed by atoms with E-state index in [0.29, 0.717) is 5.69 Å². The van der Waals surface area contributed by atoms with Gasteiger partial charge in [0.15, 0.2) is 6.10 Å². The summed E-state index contributed by atoms with van der Waals surface area (Å²) in [5, 5.41) is 5.82. The Bertz CT molecular complexity index is 852. The second-order valence-electron chi connectivity index (χ2n) is 7.26. The van der Waals surface area contributed by atoms with Gasteiger partial charge in [-0.05, 0) is 69.4 Å². The SMILES string of the molecule is Cc1ccc(NC(=O)C(C)Oc2c(C)cccc2C)cc1NC(=O)C1CC1. The summed E-state index contributed by atoms with van der Waals surface area (Å²) in [5.74, 6) is 0.684. The molecule has 1 atom stereocenters. The topological polar surface area (TPSA) is 67.4 Å². The van der Waals surface area contributed by atoms with Crippen LogP contribution in [0.4, 0.5) is 11.4 Å². The summed E-state index contributed by atoms with van der Waals surface area (Å²) in [6.07, 6.45) is 1.26. The number of amides is 2. The highest BCUT2D eigenvalue weighted by Crippen LogP contribution is 2.31. The number of nitrogens with one attached hydrogen (secondary N) is 2. The molecule has 3 rings (SSSR count). The van der Waals surface area contributed by atoms with E-state index in [1.807, 2.05) is 51.1 Å². The third-order valence-corrected chi connectivity index (χ3v) is 4.78. The van der Waals surface area contributed by atoms with Gasteiger partial charge in [-0.25, -0.2) is 0 Å². The quantitative estimate of drug-likeness (QED) is 0.798. The Balaban J connectivity index is 1.67. The van der Waals surface area contributed by atoms with Crippen LogP contribution in [-0.4, -0.2) is 17.9 Å². The van der Waals surface area contributed by atoms with Crippen molar-refractivity contribution in [3.05, 3.63) is 53.1 Å². The molecule has 1 unspecified atom stereocenters. The van der Waals surface area contributed by atoms with Crippen LogP contribution < -0.4 is 15.4 Å².